The van der Waals surface area contributed by atoms with Gasteiger partial charge in [0.25, 0.3) is 5.91 Å². The number of hydrogen-bond acceptors (Lipinski definition) is 6. The zero-order chi connectivity index (χ0) is 26.2. The van der Waals surface area contributed by atoms with Gasteiger partial charge in [-0.3, -0.25) is 14.7 Å². The molecule has 190 valence electrons. The van der Waals surface area contributed by atoms with Gasteiger partial charge in [-0.2, -0.15) is 0 Å². The van der Waals surface area contributed by atoms with Crippen molar-refractivity contribution < 1.29 is 23.9 Å². The van der Waals surface area contributed by atoms with Crippen molar-refractivity contribution in [3.8, 4) is 11.1 Å². The van der Waals surface area contributed by atoms with Gasteiger partial charge in [0, 0.05) is 16.6 Å². The molecule has 10 nitrogen and oxygen atoms in total. The second kappa shape index (κ2) is 12.2. The SMILES string of the molecule is CN(C)CC(=O)N[C@H](C[C@@H](Cc1ccc(-c2cc(Cl)ccc2F)cc1)NC(=O)c1cnn[nH]1)C(=O)O. The number of aromatic amines is 1. The number of carbonyl (C=O) groups is 3. The van der Waals surface area contributed by atoms with Crippen LogP contribution in [0.5, 0.6) is 0 Å². The molecule has 0 saturated heterocycles. The number of hydrogen-bond donors (Lipinski definition) is 4. The summed E-state index contributed by atoms with van der Waals surface area (Å²) < 4.78 is 14.2. The van der Waals surface area contributed by atoms with Gasteiger partial charge < -0.3 is 20.6 Å². The normalized spacial score (nSPS) is 12.7. The Morgan fingerprint density at radius 2 is 1.86 bits per heavy atom. The number of likely N-dealkylation sites (N-methyl/N-ethyl adjacent to an activating group) is 1. The van der Waals surface area contributed by atoms with Crippen LogP contribution < -0.4 is 10.6 Å². The van der Waals surface area contributed by atoms with E-state index in [-0.39, 0.29) is 25.1 Å². The summed E-state index contributed by atoms with van der Waals surface area (Å²) in [7, 11) is 3.38. The molecule has 36 heavy (non-hydrogen) atoms. The topological polar surface area (TPSA) is 140 Å². The Labute approximate surface area is 211 Å². The number of carbonyl (C=O) groups excluding carboxylic acids is 2. The molecule has 0 bridgehead atoms. The minimum absolute atomic E-state index is 0.0160. The van der Waals surface area contributed by atoms with E-state index >= 15 is 0 Å². The molecule has 2 amide bonds. The van der Waals surface area contributed by atoms with Crippen LogP contribution in [0.2, 0.25) is 5.02 Å². The standard InChI is InChI=1S/C24H26ClFN6O4/c1-32(2)13-22(33)29-20(24(35)36)11-17(28-23(34)21-12-27-31-30-21)9-14-3-5-15(6-4-14)18-10-16(25)7-8-19(18)26/h3-8,10,12,17,20H,9,11,13H2,1-2H3,(H,28,34)(H,29,33)(H,35,36)(H,27,30,31)/t17-,20-/m1/s1. The van der Waals surface area contributed by atoms with Crippen LogP contribution in [-0.4, -0.2) is 75.9 Å². The second-order valence-corrected chi connectivity index (χ2v) is 8.93. The third-order valence-electron chi connectivity index (χ3n) is 5.28. The van der Waals surface area contributed by atoms with E-state index in [1.54, 1.807) is 43.3 Å². The Balaban J connectivity index is 1.79. The number of carboxylic acid groups (broad SMARTS) is 1. The summed E-state index contributed by atoms with van der Waals surface area (Å²) >= 11 is 6.00. The van der Waals surface area contributed by atoms with Gasteiger partial charge in [0.1, 0.15) is 17.6 Å². The number of nitrogens with one attached hydrogen (secondary N) is 3. The summed E-state index contributed by atoms with van der Waals surface area (Å²) in [5.74, 6) is -2.62. The lowest BCUT2D eigenvalue weighted by atomic mass is 9.96. The van der Waals surface area contributed by atoms with Gasteiger partial charge in [-0.05, 0) is 56.3 Å². The van der Waals surface area contributed by atoms with Gasteiger partial charge >= 0.3 is 5.97 Å². The molecule has 0 aliphatic heterocycles. The van der Waals surface area contributed by atoms with Crippen LogP contribution >= 0.6 is 11.6 Å². The molecule has 2 atom stereocenters. The van der Waals surface area contributed by atoms with Gasteiger partial charge in [-0.25, -0.2) is 9.18 Å². The van der Waals surface area contributed by atoms with E-state index in [1.165, 1.54) is 24.4 Å². The first-order valence-electron chi connectivity index (χ1n) is 11.0. The van der Waals surface area contributed by atoms with Gasteiger partial charge in [-0.15, -0.1) is 5.10 Å². The number of nitrogens with zero attached hydrogens (tertiary/aromatic N) is 3. The smallest absolute Gasteiger partial charge is 0.326 e. The number of benzene rings is 2. The number of rotatable bonds is 11. The van der Waals surface area contributed by atoms with Crippen LogP contribution in [0.25, 0.3) is 11.1 Å². The molecule has 0 radical (unpaired) electrons. The predicted molar refractivity (Wildman–Crippen MR) is 131 cm³/mol. The molecule has 0 saturated carbocycles. The molecule has 3 rings (SSSR count). The Morgan fingerprint density at radius 1 is 1.14 bits per heavy atom. The minimum atomic E-state index is -1.23. The molecule has 0 unspecified atom stereocenters. The largest absolute Gasteiger partial charge is 0.480 e. The summed E-state index contributed by atoms with van der Waals surface area (Å²) in [6, 6.07) is 9.33. The number of carboxylic acids is 1. The fourth-order valence-electron chi connectivity index (χ4n) is 3.62. The molecule has 0 aliphatic rings. The molecular weight excluding hydrogens is 491 g/mol. The highest BCUT2D eigenvalue weighted by Gasteiger charge is 2.26. The fourth-order valence-corrected chi connectivity index (χ4v) is 3.79. The van der Waals surface area contributed by atoms with Gasteiger partial charge in [0.2, 0.25) is 5.91 Å². The first-order valence-corrected chi connectivity index (χ1v) is 11.4. The maximum absolute atomic E-state index is 14.2. The van der Waals surface area contributed by atoms with Gasteiger partial charge in [0.05, 0.1) is 12.7 Å². The second-order valence-electron chi connectivity index (χ2n) is 8.50. The molecule has 1 heterocycles. The molecule has 0 aliphatic carbocycles. The van der Waals surface area contributed by atoms with Crippen LogP contribution in [0, 0.1) is 5.82 Å². The van der Waals surface area contributed by atoms with Crippen molar-refractivity contribution in [3.05, 3.63) is 70.8 Å². The van der Waals surface area contributed by atoms with Crippen molar-refractivity contribution in [2.45, 2.75) is 24.9 Å². The Hall–Kier alpha value is -3.83. The molecule has 4 N–H and O–H groups in total. The third kappa shape index (κ3) is 7.59. The van der Waals surface area contributed by atoms with E-state index in [9.17, 15) is 23.9 Å². The maximum Gasteiger partial charge on any atom is 0.326 e. The van der Waals surface area contributed by atoms with Crippen LogP contribution in [0.4, 0.5) is 4.39 Å². The first-order chi connectivity index (χ1) is 17.1. The third-order valence-corrected chi connectivity index (χ3v) is 5.52. The lowest BCUT2D eigenvalue weighted by Gasteiger charge is -2.23. The Kier molecular flexibility index (Phi) is 9.09. The van der Waals surface area contributed by atoms with Gasteiger partial charge in [0.15, 0.2) is 0 Å². The Bertz CT molecular complexity index is 1200. The predicted octanol–water partition coefficient (Wildman–Crippen LogP) is 2.13. The number of H-pyrrole nitrogens is 1. The van der Waals surface area contributed by atoms with Crippen molar-refractivity contribution in [1.29, 1.82) is 0 Å². The lowest BCUT2D eigenvalue weighted by molar-refractivity contribution is -0.142. The summed E-state index contributed by atoms with van der Waals surface area (Å²) in [5, 5.41) is 24.9. The fraction of sp³-hybridized carbons (Fsp3) is 0.292. The van der Waals surface area contributed by atoms with Gasteiger partial charge in [-0.1, -0.05) is 41.1 Å². The lowest BCUT2D eigenvalue weighted by Crippen LogP contribution is -2.49. The maximum atomic E-state index is 14.2. The van der Waals surface area contributed by atoms with Crippen LogP contribution in [0.3, 0.4) is 0 Å². The number of aromatic nitrogens is 3. The molecule has 2 aromatic carbocycles. The first kappa shape index (κ1) is 26.8. The highest BCUT2D eigenvalue weighted by atomic mass is 35.5. The average Bonchev–Trinajstić information content (AvgIpc) is 3.35. The summed E-state index contributed by atoms with van der Waals surface area (Å²) in [4.78, 5) is 38.3. The zero-order valence-corrected chi connectivity index (χ0v) is 20.4. The van der Waals surface area contributed by atoms with E-state index in [0.717, 1.165) is 5.56 Å². The monoisotopic (exact) mass is 516 g/mol. The van der Waals surface area contributed by atoms with Crippen molar-refractivity contribution in [2.75, 3.05) is 20.6 Å². The van der Waals surface area contributed by atoms with Crippen LogP contribution in [0.15, 0.2) is 48.7 Å². The average molecular weight is 517 g/mol. The van der Waals surface area contributed by atoms with Crippen LogP contribution in [0.1, 0.15) is 22.5 Å². The molecule has 1 aromatic heterocycles. The Morgan fingerprint density at radius 3 is 2.47 bits per heavy atom. The molecule has 0 fully saturated rings. The summed E-state index contributed by atoms with van der Waals surface area (Å²) in [5.41, 5.74) is 1.83. The molecule has 0 spiro atoms. The highest BCUT2D eigenvalue weighted by Crippen LogP contribution is 2.26. The van der Waals surface area contributed by atoms with Crippen molar-refractivity contribution in [3.63, 3.8) is 0 Å². The minimum Gasteiger partial charge on any atom is -0.480 e. The van der Waals surface area contributed by atoms with E-state index in [2.05, 4.69) is 26.0 Å². The van der Waals surface area contributed by atoms with E-state index in [0.29, 0.717) is 16.1 Å². The summed E-state index contributed by atoms with van der Waals surface area (Å²) in [6.07, 6.45) is 1.42. The molecular formula is C24H26ClFN6O4. The van der Waals surface area contributed by atoms with Crippen LogP contribution in [-0.2, 0) is 16.0 Å². The van der Waals surface area contributed by atoms with E-state index in [1.807, 2.05) is 0 Å². The quantitative estimate of drug-likeness (QED) is 0.306. The van der Waals surface area contributed by atoms with E-state index < -0.39 is 35.7 Å². The van der Waals surface area contributed by atoms with Crippen molar-refractivity contribution >= 4 is 29.4 Å². The van der Waals surface area contributed by atoms with Crippen molar-refractivity contribution in [1.82, 2.24) is 30.9 Å². The van der Waals surface area contributed by atoms with E-state index in [4.69, 9.17) is 11.6 Å². The number of amides is 2. The van der Waals surface area contributed by atoms with Crippen molar-refractivity contribution in [2.24, 2.45) is 0 Å². The molecule has 12 heteroatoms. The number of aliphatic carboxylic acids is 1. The summed E-state index contributed by atoms with van der Waals surface area (Å²) in [6.45, 7) is 0.0160. The number of halogens is 2. The highest BCUT2D eigenvalue weighted by molar-refractivity contribution is 6.30. The molecule has 3 aromatic rings. The zero-order valence-electron chi connectivity index (χ0n) is 19.7.